The maximum atomic E-state index is 13.8. The van der Waals surface area contributed by atoms with E-state index in [9.17, 15) is 24.0 Å². The molecule has 58 heavy (non-hydrogen) atoms. The molecule has 0 aromatic heterocycles. The zero-order valence-corrected chi connectivity index (χ0v) is 35.5. The number of ether oxygens (including phenoxy) is 4. The summed E-state index contributed by atoms with van der Waals surface area (Å²) in [5.74, 6) is -1.99. The number of epoxide rings is 1. The molecule has 2 aromatic carbocycles. The quantitative estimate of drug-likeness (QED) is 0.229. The van der Waals surface area contributed by atoms with Crippen LogP contribution in [0.25, 0.3) is 0 Å². The van der Waals surface area contributed by atoms with Crippen LogP contribution in [0.1, 0.15) is 83.6 Å². The highest BCUT2D eigenvalue weighted by Crippen LogP contribution is 2.45. The van der Waals surface area contributed by atoms with Crippen molar-refractivity contribution in [1.29, 1.82) is 0 Å². The number of esters is 2. The zero-order valence-electron chi connectivity index (χ0n) is 34.8. The molecule has 14 heteroatoms. The van der Waals surface area contributed by atoms with Crippen LogP contribution in [0, 0.1) is 17.3 Å². The summed E-state index contributed by atoms with van der Waals surface area (Å²) in [5.41, 5.74) is 1.64. The van der Waals surface area contributed by atoms with E-state index in [1.807, 2.05) is 32.6 Å². The van der Waals surface area contributed by atoms with Crippen LogP contribution in [0.2, 0.25) is 5.02 Å². The van der Waals surface area contributed by atoms with E-state index in [2.05, 4.69) is 39.8 Å². The normalized spacial score (nSPS) is 25.9. The largest absolute Gasteiger partial charge is 0.495 e. The monoisotopic (exact) mass is 822 g/mol. The smallest absolute Gasteiger partial charge is 0.347 e. The second-order valence-corrected chi connectivity index (χ2v) is 17.0. The van der Waals surface area contributed by atoms with E-state index in [1.165, 1.54) is 18.7 Å². The molecule has 3 aliphatic heterocycles. The van der Waals surface area contributed by atoms with Crippen molar-refractivity contribution >= 4 is 41.3 Å². The Kier molecular flexibility index (Phi) is 15.4. The number of nitrogens with zero attached hydrogens (tertiary/aromatic N) is 2. The lowest BCUT2D eigenvalue weighted by molar-refractivity contribution is -0.179. The number of rotatable bonds is 11. The van der Waals surface area contributed by atoms with Crippen LogP contribution >= 0.6 is 11.6 Å². The van der Waals surface area contributed by atoms with Crippen molar-refractivity contribution in [3.05, 3.63) is 76.3 Å². The zero-order chi connectivity index (χ0) is 42.1. The summed E-state index contributed by atoms with van der Waals surface area (Å²) >= 11 is 6.36. The number of amides is 3. The Hall–Kier alpha value is -4.46. The minimum atomic E-state index is -1.22. The second kappa shape index (κ2) is 20.0. The molecule has 0 bridgehead atoms. The van der Waals surface area contributed by atoms with Gasteiger partial charge in [-0.05, 0) is 61.1 Å². The number of hydrogen-bond acceptors (Lipinski definition) is 10. The summed E-state index contributed by atoms with van der Waals surface area (Å²) in [4.78, 5) is 70.7. The molecular formula is C44H59ClN4O9. The maximum absolute atomic E-state index is 13.8. The van der Waals surface area contributed by atoms with E-state index in [-0.39, 0.29) is 55.8 Å². The summed E-state index contributed by atoms with van der Waals surface area (Å²) in [6, 6.07) is 12.4. The second-order valence-electron chi connectivity index (χ2n) is 16.6. The molecule has 2 aromatic rings. The predicted octanol–water partition coefficient (Wildman–Crippen LogP) is 5.18. The fraction of sp³-hybridized carbons (Fsp3) is 0.568. The molecule has 2 saturated heterocycles. The van der Waals surface area contributed by atoms with Gasteiger partial charge in [0.1, 0.15) is 24.0 Å². The highest BCUT2D eigenvalue weighted by Gasteiger charge is 2.48. The average molecular weight is 823 g/mol. The van der Waals surface area contributed by atoms with Gasteiger partial charge in [-0.3, -0.25) is 24.1 Å². The first-order chi connectivity index (χ1) is 27.6. The molecule has 2 N–H and O–H groups in total. The summed E-state index contributed by atoms with van der Waals surface area (Å²) in [5, 5.41) is 5.94. The Morgan fingerprint density at radius 2 is 1.67 bits per heavy atom. The molecule has 0 radical (unpaired) electrons. The number of cyclic esters (lactones) is 2. The van der Waals surface area contributed by atoms with Crippen molar-refractivity contribution in [2.24, 2.45) is 17.3 Å². The molecule has 0 spiro atoms. The van der Waals surface area contributed by atoms with Crippen LogP contribution in [0.3, 0.4) is 0 Å². The first kappa shape index (κ1) is 44.6. The summed E-state index contributed by atoms with van der Waals surface area (Å²) in [7, 11) is 1.51. The Bertz CT molecular complexity index is 1810. The van der Waals surface area contributed by atoms with E-state index in [1.54, 1.807) is 38.1 Å². The van der Waals surface area contributed by atoms with Crippen molar-refractivity contribution in [2.45, 2.75) is 104 Å². The number of carbonyl (C=O) groups excluding carboxylic acids is 5. The van der Waals surface area contributed by atoms with Gasteiger partial charge in [0.05, 0.1) is 23.7 Å². The minimum absolute atomic E-state index is 0.000531. The van der Waals surface area contributed by atoms with Crippen molar-refractivity contribution in [1.82, 2.24) is 20.4 Å². The van der Waals surface area contributed by atoms with E-state index in [0.29, 0.717) is 22.8 Å². The lowest BCUT2D eigenvalue weighted by atomic mass is 9.92. The molecule has 2 fully saturated rings. The lowest BCUT2D eigenvalue weighted by Crippen LogP contribution is -2.51. The third kappa shape index (κ3) is 12.0. The molecule has 316 valence electrons. The number of halogens is 1. The van der Waals surface area contributed by atoms with Gasteiger partial charge in [0, 0.05) is 64.4 Å². The van der Waals surface area contributed by atoms with Crippen molar-refractivity contribution in [2.75, 3.05) is 39.8 Å². The van der Waals surface area contributed by atoms with Gasteiger partial charge in [-0.2, -0.15) is 0 Å². The highest BCUT2D eigenvalue weighted by molar-refractivity contribution is 6.32. The van der Waals surface area contributed by atoms with Gasteiger partial charge >= 0.3 is 11.9 Å². The summed E-state index contributed by atoms with van der Waals surface area (Å²) in [6.07, 6.45) is 1.62. The van der Waals surface area contributed by atoms with Crippen LogP contribution in [0.4, 0.5) is 0 Å². The van der Waals surface area contributed by atoms with Gasteiger partial charge in [-0.25, -0.2) is 4.79 Å². The van der Waals surface area contributed by atoms with Gasteiger partial charge in [0.15, 0.2) is 6.10 Å². The number of carbonyl (C=O) groups is 5. The molecule has 3 amide bonds. The molecule has 3 aliphatic rings. The number of piperazine rings is 1. The SMILES string of the molecule is CCC(=O)N1CCN(Cc2ccc([C@H]3O[C@@H]3[C@@H](C)[C@@H]3C/C=C/C(=O)N[C@H](Cc4ccc(OC)c(Cl)c4)C(=O)NCC(C)(C)C(=O)O[C@@H](CC(C)C)C(=O)O3)cc2)CC1. The Balaban J connectivity index is 1.31. The van der Waals surface area contributed by atoms with Crippen LogP contribution in [0.15, 0.2) is 54.6 Å². The molecule has 6 atom stereocenters. The fourth-order valence-corrected chi connectivity index (χ4v) is 7.55. The van der Waals surface area contributed by atoms with Crippen molar-refractivity contribution < 1.29 is 42.9 Å². The Morgan fingerprint density at radius 3 is 2.31 bits per heavy atom. The van der Waals surface area contributed by atoms with Gasteiger partial charge in [0.2, 0.25) is 17.7 Å². The molecule has 0 saturated carbocycles. The van der Waals surface area contributed by atoms with Crippen LogP contribution in [0.5, 0.6) is 5.75 Å². The topological polar surface area (TPSA) is 156 Å². The first-order valence-corrected chi connectivity index (χ1v) is 20.7. The third-order valence-corrected chi connectivity index (χ3v) is 11.3. The van der Waals surface area contributed by atoms with Crippen LogP contribution in [-0.4, -0.2) is 104 Å². The summed E-state index contributed by atoms with van der Waals surface area (Å²) in [6.45, 7) is 14.7. The van der Waals surface area contributed by atoms with Gasteiger partial charge in [-0.1, -0.05) is 75.7 Å². The van der Waals surface area contributed by atoms with Gasteiger partial charge < -0.3 is 34.5 Å². The Morgan fingerprint density at radius 1 is 0.983 bits per heavy atom. The average Bonchev–Trinajstić information content (AvgIpc) is 4.00. The minimum Gasteiger partial charge on any atom is -0.495 e. The third-order valence-electron chi connectivity index (χ3n) is 11.0. The first-order valence-electron chi connectivity index (χ1n) is 20.3. The number of hydrogen-bond donors (Lipinski definition) is 2. The molecule has 0 unspecified atom stereocenters. The molecule has 13 nitrogen and oxygen atoms in total. The van der Waals surface area contributed by atoms with Crippen molar-refractivity contribution in [3.8, 4) is 5.75 Å². The molecule has 0 aliphatic carbocycles. The van der Waals surface area contributed by atoms with E-state index in [0.717, 1.165) is 38.3 Å². The molecule has 5 rings (SSSR count). The number of nitrogens with one attached hydrogen (secondary N) is 2. The van der Waals surface area contributed by atoms with Crippen LogP contribution < -0.4 is 15.4 Å². The van der Waals surface area contributed by atoms with Crippen LogP contribution in [-0.2, 0) is 51.1 Å². The van der Waals surface area contributed by atoms with E-state index >= 15 is 0 Å². The number of benzene rings is 2. The standard InChI is InChI=1S/C44H59ClN4O9/c1-8-38(51)49-20-18-48(19-21-49)25-29-12-15-31(16-13-29)40-39(58-40)28(4)34-10-9-11-37(50)47-33(24-30-14-17-35(55-7)32(45)23-30)41(52)46-26-44(5,6)43(54)57-36(22-27(2)3)42(53)56-34/h9,11-17,23,27-28,33-34,36,39-40H,8,10,18-22,24-26H2,1-7H3,(H,46,52)(H,47,50)/b11-9+/t28-,33+,34-,36-,39+,40+/m0/s1. The lowest BCUT2D eigenvalue weighted by Gasteiger charge is -2.34. The van der Waals surface area contributed by atoms with Gasteiger partial charge in [-0.15, -0.1) is 0 Å². The van der Waals surface area contributed by atoms with E-state index in [4.69, 9.17) is 30.5 Å². The van der Waals surface area contributed by atoms with E-state index < -0.39 is 47.4 Å². The maximum Gasteiger partial charge on any atom is 0.347 e. The van der Waals surface area contributed by atoms with Gasteiger partial charge in [0.25, 0.3) is 0 Å². The number of methoxy groups -OCH3 is 1. The molecule has 3 heterocycles. The predicted molar refractivity (Wildman–Crippen MR) is 219 cm³/mol. The summed E-state index contributed by atoms with van der Waals surface area (Å²) < 4.78 is 23.4. The highest BCUT2D eigenvalue weighted by atomic mass is 35.5. The molecular weight excluding hydrogens is 764 g/mol. The Labute approximate surface area is 347 Å². The fourth-order valence-electron chi connectivity index (χ4n) is 7.27. The van der Waals surface area contributed by atoms with Crippen molar-refractivity contribution in [3.63, 3.8) is 0 Å².